The van der Waals surface area contributed by atoms with E-state index in [0.29, 0.717) is 0 Å². The first-order valence-corrected chi connectivity index (χ1v) is 17.2. The van der Waals surface area contributed by atoms with Gasteiger partial charge in [-0.3, -0.25) is 4.40 Å². The molecule has 6 heteroatoms. The molecule has 12 rings (SSSR count). The molecular formula is C45H27N5O. The monoisotopic (exact) mass is 653 g/mol. The van der Waals surface area contributed by atoms with Crippen molar-refractivity contribution in [2.24, 2.45) is 0 Å². The lowest BCUT2D eigenvalue weighted by molar-refractivity contribution is 0.645. The summed E-state index contributed by atoms with van der Waals surface area (Å²) in [7, 11) is 0. The van der Waals surface area contributed by atoms with Crippen LogP contribution in [-0.4, -0.2) is 23.1 Å². The largest absolute Gasteiger partial charge is 0.437 e. The number of benzene rings is 7. The quantitative estimate of drug-likeness (QED) is 0.190. The van der Waals surface area contributed by atoms with Crippen LogP contribution in [0.15, 0.2) is 168 Å². The minimum absolute atomic E-state index is 0.789. The zero-order chi connectivity index (χ0) is 33.2. The Morgan fingerprint density at radius 1 is 0.392 bits per heavy atom. The highest BCUT2D eigenvalue weighted by Gasteiger charge is 2.24. The maximum absolute atomic E-state index is 6.49. The number of para-hydroxylation sites is 5. The molecule has 238 valence electrons. The molecule has 0 spiro atoms. The molecule has 0 saturated heterocycles. The molecule has 5 heterocycles. The Bertz CT molecular complexity index is 3320. The Labute approximate surface area is 290 Å². The molecule has 51 heavy (non-hydrogen) atoms. The lowest BCUT2D eigenvalue weighted by atomic mass is 10.1. The molecule has 7 aromatic carbocycles. The molecule has 0 N–H and O–H groups in total. The summed E-state index contributed by atoms with van der Waals surface area (Å²) in [4.78, 5) is 5.29. The van der Waals surface area contributed by atoms with Crippen molar-refractivity contribution in [3.05, 3.63) is 164 Å². The third-order valence-corrected chi connectivity index (χ3v) is 10.6. The molecule has 5 aromatic heterocycles. The van der Waals surface area contributed by atoms with Crippen molar-refractivity contribution in [2.45, 2.75) is 0 Å². The van der Waals surface area contributed by atoms with Gasteiger partial charge in [-0.1, -0.05) is 84.9 Å². The molecule has 0 radical (unpaired) electrons. The van der Waals surface area contributed by atoms with Gasteiger partial charge in [-0.15, -0.1) is 0 Å². The molecule has 12 aromatic rings. The van der Waals surface area contributed by atoms with Crippen LogP contribution < -0.4 is 0 Å². The molecular weight excluding hydrogens is 627 g/mol. The molecule has 0 unspecified atom stereocenters. The van der Waals surface area contributed by atoms with Gasteiger partial charge in [0.05, 0.1) is 38.8 Å². The Morgan fingerprint density at radius 3 is 1.61 bits per heavy atom. The number of rotatable bonds is 3. The number of furan rings is 1. The average Bonchev–Trinajstić information content (AvgIpc) is 3.97. The molecule has 0 aliphatic heterocycles. The zero-order valence-corrected chi connectivity index (χ0v) is 27.2. The first kappa shape index (κ1) is 26.9. The number of hydrogen-bond acceptors (Lipinski definition) is 2. The third kappa shape index (κ3) is 3.52. The number of imidazole rings is 2. The van der Waals surface area contributed by atoms with E-state index in [0.717, 1.165) is 67.1 Å². The van der Waals surface area contributed by atoms with Gasteiger partial charge in [0.25, 0.3) is 0 Å². The molecule has 0 aliphatic rings. The normalized spacial score (nSPS) is 12.3. The van der Waals surface area contributed by atoms with Crippen molar-refractivity contribution in [1.29, 1.82) is 0 Å². The predicted molar refractivity (Wildman–Crippen MR) is 208 cm³/mol. The Hall–Kier alpha value is -7.05. The summed E-state index contributed by atoms with van der Waals surface area (Å²) < 4.78 is 15.6. The van der Waals surface area contributed by atoms with Crippen LogP contribution in [0, 0.1) is 0 Å². The van der Waals surface area contributed by atoms with Gasteiger partial charge in [0, 0.05) is 38.3 Å². The van der Waals surface area contributed by atoms with Crippen LogP contribution in [0.25, 0.3) is 99.7 Å². The van der Waals surface area contributed by atoms with Crippen LogP contribution in [0.5, 0.6) is 0 Å². The van der Waals surface area contributed by atoms with E-state index in [9.17, 15) is 0 Å². The molecule has 0 aliphatic carbocycles. The number of fused-ring (bicyclic) bond motifs is 13. The van der Waals surface area contributed by atoms with Crippen molar-refractivity contribution in [3.63, 3.8) is 0 Å². The maximum Gasteiger partial charge on any atom is 0.232 e. The van der Waals surface area contributed by atoms with E-state index in [1.54, 1.807) is 0 Å². The van der Waals surface area contributed by atoms with Gasteiger partial charge in [0.1, 0.15) is 11.1 Å². The van der Waals surface area contributed by atoms with Crippen LogP contribution >= 0.6 is 0 Å². The second-order valence-corrected chi connectivity index (χ2v) is 13.3. The number of nitrogens with zero attached hydrogens (tertiary/aromatic N) is 5. The van der Waals surface area contributed by atoms with Gasteiger partial charge >= 0.3 is 0 Å². The van der Waals surface area contributed by atoms with E-state index in [2.05, 4.69) is 164 Å². The second kappa shape index (κ2) is 9.77. The number of aromatic nitrogens is 5. The van der Waals surface area contributed by atoms with Gasteiger partial charge in [0.2, 0.25) is 11.5 Å². The highest BCUT2D eigenvalue weighted by atomic mass is 16.3. The molecule has 0 amide bonds. The van der Waals surface area contributed by atoms with Crippen LogP contribution in [0.3, 0.4) is 0 Å². The lowest BCUT2D eigenvalue weighted by Gasteiger charge is -2.10. The molecule has 0 fully saturated rings. The summed E-state index contributed by atoms with van der Waals surface area (Å²) in [6.45, 7) is 0. The summed E-state index contributed by atoms with van der Waals surface area (Å²) in [5.41, 5.74) is 12.6. The predicted octanol–water partition coefficient (Wildman–Crippen LogP) is 11.4. The Balaban J connectivity index is 1.11. The maximum atomic E-state index is 6.49. The van der Waals surface area contributed by atoms with Crippen molar-refractivity contribution in [2.75, 3.05) is 0 Å². The van der Waals surface area contributed by atoms with Crippen molar-refractivity contribution in [3.8, 4) is 17.1 Å². The smallest absolute Gasteiger partial charge is 0.232 e. The number of hydrogen-bond donors (Lipinski definition) is 0. The summed E-state index contributed by atoms with van der Waals surface area (Å²) in [6.07, 6.45) is 0. The first-order valence-electron chi connectivity index (χ1n) is 17.2. The highest BCUT2D eigenvalue weighted by molar-refractivity contribution is 6.12. The van der Waals surface area contributed by atoms with Crippen LogP contribution in [0.2, 0.25) is 0 Å². The minimum Gasteiger partial charge on any atom is -0.437 e. The van der Waals surface area contributed by atoms with Gasteiger partial charge in [-0.25, -0.2) is 9.55 Å². The fourth-order valence-corrected chi connectivity index (χ4v) is 8.43. The van der Waals surface area contributed by atoms with Crippen molar-refractivity contribution < 1.29 is 4.42 Å². The van der Waals surface area contributed by atoms with E-state index < -0.39 is 0 Å². The molecule has 0 bridgehead atoms. The fraction of sp³-hybridized carbons (Fsp3) is 0. The van der Waals surface area contributed by atoms with Gasteiger partial charge < -0.3 is 13.6 Å². The van der Waals surface area contributed by atoms with E-state index in [1.165, 1.54) is 32.6 Å². The first-order chi connectivity index (χ1) is 25.3. The topological polar surface area (TPSA) is 45.2 Å². The average molecular weight is 654 g/mol. The SMILES string of the molecule is c1ccc(-n2c3oc4ccccc4c3n3c4ccc(-n5c6ccccc6c6cc(-n7c8ccccc8c8ccccc87)ccc65)cc4nc23)cc1. The zero-order valence-electron chi connectivity index (χ0n) is 27.2. The second-order valence-electron chi connectivity index (χ2n) is 13.3. The summed E-state index contributed by atoms with van der Waals surface area (Å²) >= 11 is 0. The van der Waals surface area contributed by atoms with E-state index in [1.807, 2.05) is 18.2 Å². The highest BCUT2D eigenvalue weighted by Crippen LogP contribution is 2.39. The fourth-order valence-electron chi connectivity index (χ4n) is 8.43. The Kier molecular flexibility index (Phi) is 5.14. The van der Waals surface area contributed by atoms with E-state index in [-0.39, 0.29) is 0 Å². The lowest BCUT2D eigenvalue weighted by Crippen LogP contribution is -1.96. The van der Waals surface area contributed by atoms with Crippen LogP contribution in [0.4, 0.5) is 0 Å². The van der Waals surface area contributed by atoms with E-state index in [4.69, 9.17) is 9.40 Å². The third-order valence-electron chi connectivity index (χ3n) is 10.6. The van der Waals surface area contributed by atoms with Gasteiger partial charge in [0.15, 0.2) is 0 Å². The van der Waals surface area contributed by atoms with Gasteiger partial charge in [-0.2, -0.15) is 0 Å². The summed E-state index contributed by atoms with van der Waals surface area (Å²) in [5.74, 6) is 0.825. The molecule has 0 saturated carbocycles. The summed E-state index contributed by atoms with van der Waals surface area (Å²) in [5, 5.41) is 6.01. The van der Waals surface area contributed by atoms with Crippen LogP contribution in [0.1, 0.15) is 0 Å². The molecule has 6 nitrogen and oxygen atoms in total. The van der Waals surface area contributed by atoms with Gasteiger partial charge in [-0.05, 0) is 78.9 Å². The van der Waals surface area contributed by atoms with E-state index >= 15 is 0 Å². The van der Waals surface area contributed by atoms with Crippen molar-refractivity contribution in [1.82, 2.24) is 23.1 Å². The van der Waals surface area contributed by atoms with Crippen molar-refractivity contribution >= 4 is 82.6 Å². The Morgan fingerprint density at radius 2 is 0.922 bits per heavy atom. The van der Waals surface area contributed by atoms with Crippen LogP contribution in [-0.2, 0) is 0 Å². The molecule has 0 atom stereocenters. The standard InChI is InChI=1S/C45H27N5O/c1-2-12-28(13-3-1)49-44-43(34-17-7-11-21-42(34)51-44)50-41-25-23-30(27-36(41)46-45(49)50)48-39-20-10-6-16-33(39)35-26-29(22-24-40(35)48)47-37-18-8-4-14-31(37)32-15-5-9-19-38(32)47/h1-27H. The summed E-state index contributed by atoms with van der Waals surface area (Å²) in [6, 6.07) is 58.2. The minimum atomic E-state index is 0.789.